The van der Waals surface area contributed by atoms with E-state index >= 15 is 0 Å². The molecule has 5 heteroatoms. The Morgan fingerprint density at radius 3 is 3.05 bits per heavy atom. The van der Waals surface area contributed by atoms with Crippen molar-refractivity contribution in [2.24, 2.45) is 0 Å². The summed E-state index contributed by atoms with van der Waals surface area (Å²) in [6, 6.07) is 5.61. The van der Waals surface area contributed by atoms with Gasteiger partial charge in [-0.15, -0.1) is 0 Å². The van der Waals surface area contributed by atoms with Crippen LogP contribution in [0.5, 0.6) is 0 Å². The molecule has 0 spiro atoms. The molecule has 1 aromatic carbocycles. The van der Waals surface area contributed by atoms with Crippen LogP contribution in [0.4, 0.5) is 4.39 Å². The molecule has 0 saturated carbocycles. The molecule has 2 atom stereocenters. The van der Waals surface area contributed by atoms with Crippen molar-refractivity contribution in [1.82, 2.24) is 10.2 Å². The Morgan fingerprint density at radius 2 is 2.35 bits per heavy atom. The first-order valence-corrected chi connectivity index (χ1v) is 9.04. The molecule has 1 fully saturated rings. The van der Waals surface area contributed by atoms with E-state index in [1.54, 1.807) is 12.1 Å². The van der Waals surface area contributed by atoms with E-state index in [-0.39, 0.29) is 11.9 Å². The molecular weight excluding hydrogens is 339 g/mol. The minimum Gasteiger partial charge on any atom is -0.309 e. The molecule has 2 rings (SSSR count). The summed E-state index contributed by atoms with van der Waals surface area (Å²) in [6.45, 7) is 4.11. The SMILES string of the molecule is CCCNC(c1cc(Br)ccc1F)C1CSCCN1C. The number of thioether (sulfide) groups is 1. The first-order valence-electron chi connectivity index (χ1n) is 7.09. The van der Waals surface area contributed by atoms with Crippen LogP contribution in [0.2, 0.25) is 0 Å². The minimum absolute atomic E-state index is 0.0465. The van der Waals surface area contributed by atoms with Gasteiger partial charge in [-0.25, -0.2) is 4.39 Å². The lowest BCUT2D eigenvalue weighted by molar-refractivity contribution is 0.213. The van der Waals surface area contributed by atoms with Gasteiger partial charge in [0.05, 0.1) is 6.04 Å². The van der Waals surface area contributed by atoms with E-state index in [2.05, 4.69) is 40.1 Å². The molecule has 1 saturated heterocycles. The zero-order chi connectivity index (χ0) is 14.5. The fourth-order valence-electron chi connectivity index (χ4n) is 2.56. The highest BCUT2D eigenvalue weighted by atomic mass is 79.9. The maximum absolute atomic E-state index is 14.2. The molecule has 2 nitrogen and oxygen atoms in total. The Balaban J connectivity index is 2.28. The Morgan fingerprint density at radius 1 is 1.55 bits per heavy atom. The average molecular weight is 361 g/mol. The van der Waals surface area contributed by atoms with Gasteiger partial charge >= 0.3 is 0 Å². The highest BCUT2D eigenvalue weighted by Crippen LogP contribution is 2.30. The van der Waals surface area contributed by atoms with Gasteiger partial charge in [0.1, 0.15) is 5.82 Å². The second kappa shape index (κ2) is 7.78. The zero-order valence-electron chi connectivity index (χ0n) is 12.0. The van der Waals surface area contributed by atoms with Crippen molar-refractivity contribution >= 4 is 27.7 Å². The normalized spacial score (nSPS) is 21.9. The van der Waals surface area contributed by atoms with Crippen molar-refractivity contribution in [2.75, 3.05) is 31.6 Å². The molecule has 0 bridgehead atoms. The van der Waals surface area contributed by atoms with Crippen molar-refractivity contribution in [2.45, 2.75) is 25.4 Å². The second-order valence-corrected chi connectivity index (χ2v) is 7.29. The van der Waals surface area contributed by atoms with Crippen LogP contribution >= 0.6 is 27.7 Å². The van der Waals surface area contributed by atoms with Gasteiger partial charge in [-0.05, 0) is 38.2 Å². The van der Waals surface area contributed by atoms with Gasteiger partial charge in [-0.2, -0.15) is 11.8 Å². The van der Waals surface area contributed by atoms with Gasteiger partial charge in [-0.3, -0.25) is 4.90 Å². The van der Waals surface area contributed by atoms with E-state index in [9.17, 15) is 4.39 Å². The van der Waals surface area contributed by atoms with Crippen molar-refractivity contribution in [3.8, 4) is 0 Å². The number of likely N-dealkylation sites (N-methyl/N-ethyl adjacent to an activating group) is 1. The second-order valence-electron chi connectivity index (χ2n) is 5.22. The summed E-state index contributed by atoms with van der Waals surface area (Å²) in [5.74, 6) is 2.09. The van der Waals surface area contributed by atoms with Crippen molar-refractivity contribution < 1.29 is 4.39 Å². The Bertz CT molecular complexity index is 444. The monoisotopic (exact) mass is 360 g/mol. The van der Waals surface area contributed by atoms with E-state index in [4.69, 9.17) is 0 Å². The van der Waals surface area contributed by atoms with Gasteiger partial charge in [0.2, 0.25) is 0 Å². The number of nitrogens with zero attached hydrogens (tertiary/aromatic N) is 1. The number of benzene rings is 1. The topological polar surface area (TPSA) is 15.3 Å². The molecule has 0 radical (unpaired) electrons. The summed E-state index contributed by atoms with van der Waals surface area (Å²) in [5.41, 5.74) is 0.771. The van der Waals surface area contributed by atoms with Crippen LogP contribution in [0.25, 0.3) is 0 Å². The van der Waals surface area contributed by atoms with Crippen molar-refractivity contribution in [3.05, 3.63) is 34.1 Å². The lowest BCUT2D eigenvalue weighted by Gasteiger charge is -2.38. The number of hydrogen-bond acceptors (Lipinski definition) is 3. The Kier molecular flexibility index (Phi) is 6.33. The third kappa shape index (κ3) is 3.97. The average Bonchev–Trinajstić information content (AvgIpc) is 2.44. The molecule has 20 heavy (non-hydrogen) atoms. The standard InChI is InChI=1S/C15H22BrFN2S/c1-3-6-18-15(14-10-20-8-7-19(14)2)12-9-11(16)4-5-13(12)17/h4-5,9,14-15,18H,3,6-8,10H2,1-2H3. The molecule has 2 unspecified atom stereocenters. The molecule has 0 aliphatic carbocycles. The van der Waals surface area contributed by atoms with Crippen molar-refractivity contribution in [3.63, 3.8) is 0 Å². The van der Waals surface area contributed by atoms with Crippen LogP contribution in [0.15, 0.2) is 22.7 Å². The summed E-state index contributed by atoms with van der Waals surface area (Å²) in [7, 11) is 2.14. The number of halogens is 2. The van der Waals surface area contributed by atoms with Crippen LogP contribution in [0, 0.1) is 5.82 Å². The molecular formula is C15H22BrFN2S. The molecule has 0 amide bonds. The summed E-state index contributed by atoms with van der Waals surface area (Å²) in [5, 5.41) is 3.54. The third-order valence-corrected chi connectivity index (χ3v) is 5.28. The Hall–Kier alpha value is -0.100. The first kappa shape index (κ1) is 16.3. The summed E-state index contributed by atoms with van der Waals surface area (Å²) in [6.07, 6.45) is 1.05. The number of nitrogens with one attached hydrogen (secondary N) is 1. The number of rotatable bonds is 5. The summed E-state index contributed by atoms with van der Waals surface area (Å²) >= 11 is 5.42. The quantitative estimate of drug-likeness (QED) is 0.862. The predicted molar refractivity (Wildman–Crippen MR) is 88.9 cm³/mol. The lowest BCUT2D eigenvalue weighted by atomic mass is 9.98. The molecule has 0 aromatic heterocycles. The van der Waals surface area contributed by atoms with E-state index in [1.807, 2.05) is 17.8 Å². The van der Waals surface area contributed by atoms with Crippen LogP contribution < -0.4 is 5.32 Å². The van der Waals surface area contributed by atoms with Gasteiger partial charge in [0.15, 0.2) is 0 Å². The smallest absolute Gasteiger partial charge is 0.128 e. The summed E-state index contributed by atoms with van der Waals surface area (Å²) < 4.78 is 15.2. The van der Waals surface area contributed by atoms with Crippen LogP contribution in [-0.2, 0) is 0 Å². The molecule has 1 N–H and O–H groups in total. The third-order valence-electron chi connectivity index (χ3n) is 3.74. The van der Waals surface area contributed by atoms with Crippen LogP contribution in [-0.4, -0.2) is 42.6 Å². The van der Waals surface area contributed by atoms with Gasteiger partial charge in [-0.1, -0.05) is 22.9 Å². The molecule has 1 aliphatic heterocycles. The van der Waals surface area contributed by atoms with E-state index in [0.29, 0.717) is 6.04 Å². The van der Waals surface area contributed by atoms with Crippen molar-refractivity contribution in [1.29, 1.82) is 0 Å². The van der Waals surface area contributed by atoms with E-state index in [1.165, 1.54) is 0 Å². The largest absolute Gasteiger partial charge is 0.309 e. The van der Waals surface area contributed by atoms with Gasteiger partial charge in [0.25, 0.3) is 0 Å². The molecule has 1 heterocycles. The van der Waals surface area contributed by atoms with E-state index < -0.39 is 0 Å². The fourth-order valence-corrected chi connectivity index (χ4v) is 4.21. The maximum Gasteiger partial charge on any atom is 0.128 e. The molecule has 112 valence electrons. The predicted octanol–water partition coefficient (Wildman–Crippen LogP) is 3.68. The lowest BCUT2D eigenvalue weighted by Crippen LogP contribution is -2.48. The highest BCUT2D eigenvalue weighted by Gasteiger charge is 2.30. The van der Waals surface area contributed by atoms with E-state index in [0.717, 1.165) is 41.1 Å². The van der Waals surface area contributed by atoms with Crippen LogP contribution in [0.1, 0.15) is 24.9 Å². The summed E-state index contributed by atoms with van der Waals surface area (Å²) in [4.78, 5) is 2.35. The fraction of sp³-hybridized carbons (Fsp3) is 0.600. The highest BCUT2D eigenvalue weighted by molar-refractivity contribution is 9.10. The zero-order valence-corrected chi connectivity index (χ0v) is 14.4. The Labute approximate surface area is 133 Å². The van der Waals surface area contributed by atoms with Gasteiger partial charge in [0, 0.05) is 34.1 Å². The first-order chi connectivity index (χ1) is 9.63. The van der Waals surface area contributed by atoms with Crippen LogP contribution in [0.3, 0.4) is 0 Å². The molecule has 1 aliphatic rings. The number of hydrogen-bond donors (Lipinski definition) is 1. The minimum atomic E-state index is -0.120. The maximum atomic E-state index is 14.2. The molecule has 1 aromatic rings. The van der Waals surface area contributed by atoms with Gasteiger partial charge < -0.3 is 5.32 Å².